The number of anilines is 1. The van der Waals surface area contributed by atoms with Gasteiger partial charge >= 0.3 is 5.97 Å². The number of nitrogen functional groups attached to an aromatic ring is 1. The number of aromatic carboxylic acids is 1. The molecule has 1 rings (SSSR count). The largest absolute Gasteiger partial charge is 0.478 e. The Morgan fingerprint density at radius 3 is 2.73 bits per heavy atom. The molecule has 11 heavy (non-hydrogen) atoms. The topological polar surface area (TPSA) is 76.2 Å². The third kappa shape index (κ3) is 1.68. The monoisotopic (exact) mass is 216 g/mol. The van der Waals surface area contributed by atoms with E-state index < -0.39 is 5.97 Å². The predicted octanol–water partition coefficient (Wildman–Crippen LogP) is 1.12. The van der Waals surface area contributed by atoms with E-state index in [0.29, 0.717) is 4.60 Å². The van der Waals surface area contributed by atoms with Gasteiger partial charge in [0.05, 0.1) is 0 Å². The number of aromatic nitrogens is 1. The second-order valence-electron chi connectivity index (χ2n) is 1.87. The summed E-state index contributed by atoms with van der Waals surface area (Å²) in [5, 5.41) is 8.52. The highest BCUT2D eigenvalue weighted by atomic mass is 79.9. The van der Waals surface area contributed by atoms with Gasteiger partial charge in [-0.1, -0.05) is 0 Å². The average molecular weight is 217 g/mol. The molecule has 1 heterocycles. The van der Waals surface area contributed by atoms with E-state index in [2.05, 4.69) is 20.9 Å². The van der Waals surface area contributed by atoms with Gasteiger partial charge in [0.25, 0.3) is 0 Å². The van der Waals surface area contributed by atoms with Crippen molar-refractivity contribution in [3.63, 3.8) is 0 Å². The zero-order valence-corrected chi connectivity index (χ0v) is 7.00. The molecule has 3 N–H and O–H groups in total. The molecule has 0 amide bonds. The summed E-state index contributed by atoms with van der Waals surface area (Å²) in [4.78, 5) is 14.1. The molecule has 0 spiro atoms. The Morgan fingerprint density at radius 2 is 2.27 bits per heavy atom. The molecule has 0 aliphatic heterocycles. The number of hydrogen-bond donors (Lipinski definition) is 2. The second-order valence-corrected chi connectivity index (χ2v) is 2.68. The minimum atomic E-state index is -1.07. The van der Waals surface area contributed by atoms with E-state index in [-0.39, 0.29) is 11.4 Å². The maximum Gasteiger partial charge on any atom is 0.339 e. The normalized spacial score (nSPS) is 9.55. The van der Waals surface area contributed by atoms with Crippen molar-refractivity contribution >= 4 is 27.7 Å². The molecule has 1 aromatic rings. The number of carboxylic acids is 1. The Balaban J connectivity index is 3.20. The van der Waals surface area contributed by atoms with E-state index in [9.17, 15) is 4.79 Å². The fourth-order valence-corrected chi connectivity index (χ4v) is 0.954. The van der Waals surface area contributed by atoms with Gasteiger partial charge in [-0.2, -0.15) is 0 Å². The number of rotatable bonds is 1. The molecule has 4 nitrogen and oxygen atoms in total. The number of hydrogen-bond acceptors (Lipinski definition) is 3. The van der Waals surface area contributed by atoms with Gasteiger partial charge in [0.1, 0.15) is 16.0 Å². The Bertz CT molecular complexity index is 301. The molecule has 0 saturated carbocycles. The third-order valence-electron chi connectivity index (χ3n) is 1.12. The molecule has 0 aliphatic carbocycles. The van der Waals surface area contributed by atoms with Crippen molar-refractivity contribution in [1.29, 1.82) is 0 Å². The summed E-state index contributed by atoms with van der Waals surface area (Å²) >= 11 is 3.06. The maximum atomic E-state index is 10.4. The van der Waals surface area contributed by atoms with Crippen molar-refractivity contribution in [2.75, 3.05) is 5.73 Å². The van der Waals surface area contributed by atoms with Crippen LogP contribution in [-0.2, 0) is 0 Å². The quantitative estimate of drug-likeness (QED) is 0.691. The summed E-state index contributed by atoms with van der Waals surface area (Å²) < 4.78 is 0.528. The highest BCUT2D eigenvalue weighted by molar-refractivity contribution is 9.10. The molecule has 1 aromatic heterocycles. The lowest BCUT2D eigenvalue weighted by molar-refractivity contribution is 0.0697. The first-order chi connectivity index (χ1) is 5.11. The van der Waals surface area contributed by atoms with Gasteiger partial charge in [0.15, 0.2) is 0 Å². The Hall–Kier alpha value is -1.10. The summed E-state index contributed by atoms with van der Waals surface area (Å²) in [6, 6.07) is 2.93. The van der Waals surface area contributed by atoms with E-state index in [4.69, 9.17) is 10.8 Å². The summed E-state index contributed by atoms with van der Waals surface area (Å²) in [7, 11) is 0. The molecular weight excluding hydrogens is 212 g/mol. The third-order valence-corrected chi connectivity index (χ3v) is 1.56. The maximum absolute atomic E-state index is 10.4. The van der Waals surface area contributed by atoms with Gasteiger partial charge in [0, 0.05) is 0 Å². The first kappa shape index (κ1) is 8.00. The molecule has 0 bridgehead atoms. The zero-order valence-electron chi connectivity index (χ0n) is 5.41. The van der Waals surface area contributed by atoms with Crippen LogP contribution >= 0.6 is 15.9 Å². The van der Waals surface area contributed by atoms with Gasteiger partial charge in [-0.05, 0) is 28.1 Å². The summed E-state index contributed by atoms with van der Waals surface area (Å²) in [6.07, 6.45) is 0. The van der Waals surface area contributed by atoms with Crippen LogP contribution in [0.4, 0.5) is 5.82 Å². The van der Waals surface area contributed by atoms with Gasteiger partial charge in [-0.25, -0.2) is 9.78 Å². The van der Waals surface area contributed by atoms with Crippen LogP contribution in [0.15, 0.2) is 16.7 Å². The van der Waals surface area contributed by atoms with Gasteiger partial charge in [-0.15, -0.1) is 0 Å². The molecular formula is C6H5BrN2O2. The summed E-state index contributed by atoms with van der Waals surface area (Å²) in [5.41, 5.74) is 5.32. The van der Waals surface area contributed by atoms with E-state index in [1.165, 1.54) is 12.1 Å². The van der Waals surface area contributed by atoms with E-state index in [1.807, 2.05) is 0 Å². The van der Waals surface area contributed by atoms with Crippen LogP contribution in [0.2, 0.25) is 0 Å². The zero-order chi connectivity index (χ0) is 8.43. The minimum Gasteiger partial charge on any atom is -0.478 e. The van der Waals surface area contributed by atoms with Crippen LogP contribution in [0.3, 0.4) is 0 Å². The first-order valence-corrected chi connectivity index (χ1v) is 3.56. The lowest BCUT2D eigenvalue weighted by Crippen LogP contribution is -2.03. The standard InChI is InChI=1S/C6H5BrN2O2/c7-4-2-1-3(6(10)11)5(8)9-4/h1-2H,(H2,8,9)(H,10,11). The van der Waals surface area contributed by atoms with Crippen molar-refractivity contribution in [1.82, 2.24) is 4.98 Å². The van der Waals surface area contributed by atoms with Gasteiger partial charge < -0.3 is 10.8 Å². The molecule has 0 unspecified atom stereocenters. The molecule has 0 fully saturated rings. The number of halogens is 1. The van der Waals surface area contributed by atoms with Gasteiger partial charge in [0.2, 0.25) is 0 Å². The molecule has 5 heteroatoms. The van der Waals surface area contributed by atoms with Crippen LogP contribution in [-0.4, -0.2) is 16.1 Å². The van der Waals surface area contributed by atoms with Crippen LogP contribution in [0.25, 0.3) is 0 Å². The number of pyridine rings is 1. The van der Waals surface area contributed by atoms with Gasteiger partial charge in [-0.3, -0.25) is 0 Å². The Kier molecular flexibility index (Phi) is 2.09. The smallest absolute Gasteiger partial charge is 0.339 e. The number of nitrogens with two attached hydrogens (primary N) is 1. The highest BCUT2D eigenvalue weighted by Gasteiger charge is 2.07. The number of nitrogens with zero attached hydrogens (tertiary/aromatic N) is 1. The van der Waals surface area contributed by atoms with Crippen LogP contribution in [0.1, 0.15) is 10.4 Å². The lowest BCUT2D eigenvalue weighted by atomic mass is 10.3. The average Bonchev–Trinajstić information content (AvgIpc) is 1.85. The molecule has 58 valence electrons. The molecule has 0 radical (unpaired) electrons. The Morgan fingerprint density at radius 1 is 1.64 bits per heavy atom. The molecule has 0 atom stereocenters. The fourth-order valence-electron chi connectivity index (χ4n) is 0.631. The molecule has 0 aromatic carbocycles. The predicted molar refractivity (Wildman–Crippen MR) is 43.3 cm³/mol. The second kappa shape index (κ2) is 2.87. The summed E-state index contributed by atoms with van der Waals surface area (Å²) in [5.74, 6) is -1.05. The van der Waals surface area contributed by atoms with E-state index in [0.717, 1.165) is 0 Å². The number of carboxylic acid groups (broad SMARTS) is 1. The van der Waals surface area contributed by atoms with Crippen LogP contribution in [0, 0.1) is 0 Å². The lowest BCUT2D eigenvalue weighted by Gasteiger charge is -1.98. The SMILES string of the molecule is Nc1nc(Br)ccc1C(=O)O. The van der Waals surface area contributed by atoms with Crippen LogP contribution < -0.4 is 5.73 Å². The van der Waals surface area contributed by atoms with Crippen molar-refractivity contribution in [2.45, 2.75) is 0 Å². The minimum absolute atomic E-state index is 0.0203. The van der Waals surface area contributed by atoms with Crippen molar-refractivity contribution in [3.05, 3.63) is 22.3 Å². The molecule has 0 saturated heterocycles. The van der Waals surface area contributed by atoms with E-state index >= 15 is 0 Å². The van der Waals surface area contributed by atoms with E-state index in [1.54, 1.807) is 0 Å². The Labute approximate surface area is 71.2 Å². The van der Waals surface area contributed by atoms with Crippen molar-refractivity contribution < 1.29 is 9.90 Å². The number of carbonyl (C=O) groups is 1. The van der Waals surface area contributed by atoms with Crippen LogP contribution in [0.5, 0.6) is 0 Å². The highest BCUT2D eigenvalue weighted by Crippen LogP contribution is 2.13. The summed E-state index contributed by atoms with van der Waals surface area (Å²) in [6.45, 7) is 0. The molecule has 0 aliphatic rings. The first-order valence-electron chi connectivity index (χ1n) is 2.76. The fraction of sp³-hybridized carbons (Fsp3) is 0. The van der Waals surface area contributed by atoms with Crippen molar-refractivity contribution in [3.8, 4) is 0 Å². The van der Waals surface area contributed by atoms with Crippen molar-refractivity contribution in [2.24, 2.45) is 0 Å².